The van der Waals surface area contributed by atoms with Gasteiger partial charge < -0.3 is 24.2 Å². The Morgan fingerprint density at radius 2 is 1.69 bits per heavy atom. The number of nitrogens with zero attached hydrogens (tertiary/aromatic N) is 1. The van der Waals surface area contributed by atoms with Crippen molar-refractivity contribution in [1.29, 1.82) is 0 Å². The van der Waals surface area contributed by atoms with Crippen molar-refractivity contribution < 1.29 is 28.9 Å². The summed E-state index contributed by atoms with van der Waals surface area (Å²) in [4.78, 5) is 27.0. The molecule has 1 aliphatic heterocycles. The van der Waals surface area contributed by atoms with Crippen LogP contribution in [0, 0.1) is 0 Å². The predicted octanol–water partition coefficient (Wildman–Crippen LogP) is 2.77. The van der Waals surface area contributed by atoms with Crippen molar-refractivity contribution in [3.63, 3.8) is 0 Å². The van der Waals surface area contributed by atoms with E-state index in [9.17, 15) is 14.7 Å². The van der Waals surface area contributed by atoms with Crippen LogP contribution < -0.4 is 9.47 Å². The summed E-state index contributed by atoms with van der Waals surface area (Å²) in [5.41, 5.74) is 1.11. The van der Waals surface area contributed by atoms with E-state index in [1.54, 1.807) is 48.5 Å². The summed E-state index contributed by atoms with van der Waals surface area (Å²) in [7, 11) is 4.55. The van der Waals surface area contributed by atoms with Gasteiger partial charge in [0.25, 0.3) is 11.7 Å². The van der Waals surface area contributed by atoms with Crippen molar-refractivity contribution in [3.05, 3.63) is 65.2 Å². The molecule has 0 spiro atoms. The van der Waals surface area contributed by atoms with E-state index < -0.39 is 17.7 Å². The molecule has 1 atom stereocenters. The Morgan fingerprint density at radius 3 is 2.31 bits per heavy atom. The van der Waals surface area contributed by atoms with E-state index in [4.69, 9.17) is 14.2 Å². The predicted molar refractivity (Wildman–Crippen MR) is 107 cm³/mol. The first-order valence-corrected chi connectivity index (χ1v) is 9.08. The highest BCUT2D eigenvalue weighted by Gasteiger charge is 2.46. The number of Topliss-reactive ketones (excluding diaryl/α,β-unsaturated/α-hetero) is 1. The van der Waals surface area contributed by atoms with Crippen LogP contribution in [0.15, 0.2) is 54.1 Å². The lowest BCUT2D eigenvalue weighted by Crippen LogP contribution is -2.32. The molecule has 2 aromatic carbocycles. The second-order valence-corrected chi connectivity index (χ2v) is 6.47. The summed E-state index contributed by atoms with van der Waals surface area (Å²) in [6, 6.07) is 13.1. The Labute approximate surface area is 169 Å². The van der Waals surface area contributed by atoms with Crippen LogP contribution >= 0.6 is 0 Å². The molecule has 1 N–H and O–H groups in total. The van der Waals surface area contributed by atoms with Crippen molar-refractivity contribution in [3.8, 4) is 11.5 Å². The van der Waals surface area contributed by atoms with Gasteiger partial charge in [-0.25, -0.2) is 0 Å². The number of hydrogen-bond acceptors (Lipinski definition) is 6. The Morgan fingerprint density at radius 1 is 1.00 bits per heavy atom. The molecule has 3 rings (SSSR count). The topological polar surface area (TPSA) is 85.3 Å². The second-order valence-electron chi connectivity index (χ2n) is 6.47. The van der Waals surface area contributed by atoms with Gasteiger partial charge in [0, 0.05) is 19.2 Å². The molecular weight excluding hydrogens is 374 g/mol. The number of ether oxygens (including phenoxy) is 3. The molecule has 1 saturated heterocycles. The highest BCUT2D eigenvalue weighted by molar-refractivity contribution is 6.46. The Kier molecular flexibility index (Phi) is 6.19. The largest absolute Gasteiger partial charge is 0.507 e. The van der Waals surface area contributed by atoms with Gasteiger partial charge in [-0.1, -0.05) is 36.4 Å². The molecule has 7 nitrogen and oxygen atoms in total. The van der Waals surface area contributed by atoms with Crippen molar-refractivity contribution in [2.45, 2.75) is 6.04 Å². The van der Waals surface area contributed by atoms with Crippen LogP contribution in [0.25, 0.3) is 5.76 Å². The molecule has 0 radical (unpaired) electrons. The molecule has 1 amide bonds. The van der Waals surface area contributed by atoms with Crippen molar-refractivity contribution in [2.75, 3.05) is 34.5 Å². The number of likely N-dealkylation sites (tertiary alicyclic amines) is 1. The number of carbonyl (C=O) groups excluding carboxylic acids is 2. The molecule has 29 heavy (non-hydrogen) atoms. The number of aliphatic hydroxyl groups excluding tert-OH is 1. The normalized spacial score (nSPS) is 18.2. The minimum Gasteiger partial charge on any atom is -0.507 e. The van der Waals surface area contributed by atoms with Gasteiger partial charge in [0.1, 0.15) is 5.76 Å². The summed E-state index contributed by atoms with van der Waals surface area (Å²) < 4.78 is 15.8. The lowest BCUT2D eigenvalue weighted by molar-refractivity contribution is -0.140. The number of amides is 1. The average Bonchev–Trinajstić information content (AvgIpc) is 3.01. The zero-order valence-electron chi connectivity index (χ0n) is 16.5. The van der Waals surface area contributed by atoms with Crippen LogP contribution in [-0.4, -0.2) is 56.2 Å². The number of ketones is 1. The maximum Gasteiger partial charge on any atom is 0.295 e. The molecule has 0 bridgehead atoms. The third-order valence-electron chi connectivity index (χ3n) is 4.85. The molecule has 0 unspecified atom stereocenters. The molecule has 1 aliphatic rings. The Bertz CT molecular complexity index is 938. The summed E-state index contributed by atoms with van der Waals surface area (Å²) in [6.45, 7) is 0.452. The standard InChI is InChI=1S/C22H23NO6/c1-27-12-11-23-19(15-9-10-16(28-2)17(13-15)29-3)18(21(25)22(23)26)20(24)14-7-5-4-6-8-14/h4-10,13,19,24H,11-12H2,1-3H3/t19-/m1/s1. The summed E-state index contributed by atoms with van der Waals surface area (Å²) >= 11 is 0. The zero-order chi connectivity index (χ0) is 21.0. The SMILES string of the molecule is COCCN1C(=O)C(=O)C(=C(O)c2ccccc2)[C@H]1c1ccc(OC)c(OC)c1. The van der Waals surface area contributed by atoms with E-state index in [1.165, 1.54) is 26.2 Å². The maximum absolute atomic E-state index is 12.8. The molecule has 1 heterocycles. The monoisotopic (exact) mass is 397 g/mol. The van der Waals surface area contributed by atoms with E-state index in [0.717, 1.165) is 0 Å². The number of hydrogen-bond donors (Lipinski definition) is 1. The highest BCUT2D eigenvalue weighted by Crippen LogP contribution is 2.41. The minimum absolute atomic E-state index is 0.0320. The van der Waals surface area contributed by atoms with Gasteiger partial charge in [0.05, 0.1) is 32.4 Å². The minimum atomic E-state index is -0.773. The molecule has 0 aliphatic carbocycles. The third kappa shape index (κ3) is 3.82. The van der Waals surface area contributed by atoms with Crippen LogP contribution in [0.1, 0.15) is 17.2 Å². The molecule has 0 saturated carbocycles. The highest BCUT2D eigenvalue weighted by atomic mass is 16.5. The maximum atomic E-state index is 12.8. The Balaban J connectivity index is 2.18. The van der Waals surface area contributed by atoms with Crippen molar-refractivity contribution in [1.82, 2.24) is 4.90 Å². The number of benzene rings is 2. The van der Waals surface area contributed by atoms with E-state index in [1.807, 2.05) is 0 Å². The van der Waals surface area contributed by atoms with E-state index in [-0.39, 0.29) is 24.5 Å². The van der Waals surface area contributed by atoms with Crippen LogP contribution in [0.5, 0.6) is 11.5 Å². The lowest BCUT2D eigenvalue weighted by Gasteiger charge is -2.25. The van der Waals surface area contributed by atoms with Gasteiger partial charge >= 0.3 is 0 Å². The van der Waals surface area contributed by atoms with E-state index in [0.29, 0.717) is 22.6 Å². The fraction of sp³-hybridized carbons (Fsp3) is 0.273. The number of carbonyl (C=O) groups is 2. The summed E-state index contributed by atoms with van der Waals surface area (Å²) in [6.07, 6.45) is 0. The van der Waals surface area contributed by atoms with Gasteiger partial charge in [-0.15, -0.1) is 0 Å². The molecule has 7 heteroatoms. The van der Waals surface area contributed by atoms with Crippen LogP contribution in [0.4, 0.5) is 0 Å². The number of aliphatic hydroxyl groups is 1. The molecule has 2 aromatic rings. The first kappa shape index (κ1) is 20.4. The zero-order valence-corrected chi connectivity index (χ0v) is 16.5. The number of methoxy groups -OCH3 is 3. The molecular formula is C22H23NO6. The summed E-state index contributed by atoms with van der Waals surface area (Å²) in [5, 5.41) is 10.9. The van der Waals surface area contributed by atoms with Gasteiger partial charge in [-0.2, -0.15) is 0 Å². The second kappa shape index (κ2) is 8.79. The first-order valence-electron chi connectivity index (χ1n) is 9.08. The molecule has 0 aromatic heterocycles. The summed E-state index contributed by atoms with van der Waals surface area (Å²) in [5.74, 6) is -0.652. The van der Waals surface area contributed by atoms with Gasteiger partial charge in [-0.3, -0.25) is 9.59 Å². The van der Waals surface area contributed by atoms with E-state index in [2.05, 4.69) is 0 Å². The van der Waals surface area contributed by atoms with Gasteiger partial charge in [-0.05, 0) is 17.7 Å². The molecule has 152 valence electrons. The first-order chi connectivity index (χ1) is 14.0. The van der Waals surface area contributed by atoms with Crippen molar-refractivity contribution >= 4 is 17.4 Å². The van der Waals surface area contributed by atoms with Crippen molar-refractivity contribution in [2.24, 2.45) is 0 Å². The van der Waals surface area contributed by atoms with E-state index >= 15 is 0 Å². The van der Waals surface area contributed by atoms with Gasteiger partial charge in [0.15, 0.2) is 11.5 Å². The molecule has 1 fully saturated rings. The van der Waals surface area contributed by atoms with Gasteiger partial charge in [0.2, 0.25) is 0 Å². The third-order valence-corrected chi connectivity index (χ3v) is 4.85. The van der Waals surface area contributed by atoms with Crippen LogP contribution in [-0.2, 0) is 14.3 Å². The quantitative estimate of drug-likeness (QED) is 0.439. The van der Waals surface area contributed by atoms with Crippen LogP contribution in [0.2, 0.25) is 0 Å². The Hall–Kier alpha value is -3.32. The fourth-order valence-corrected chi connectivity index (χ4v) is 3.42. The number of rotatable bonds is 7. The lowest BCUT2D eigenvalue weighted by atomic mass is 9.95. The smallest absolute Gasteiger partial charge is 0.295 e. The average molecular weight is 397 g/mol. The van der Waals surface area contributed by atoms with Crippen LogP contribution in [0.3, 0.4) is 0 Å². The fourth-order valence-electron chi connectivity index (χ4n) is 3.42.